The number of aliphatic hydroxyl groups excluding tert-OH is 1. The summed E-state index contributed by atoms with van der Waals surface area (Å²) < 4.78 is 11.8. The molecule has 0 unspecified atom stereocenters. The molecule has 7 heteroatoms. The van der Waals surface area contributed by atoms with E-state index in [4.69, 9.17) is 9.47 Å². The Bertz CT molecular complexity index is 494. The molecule has 1 saturated carbocycles. The fourth-order valence-corrected chi connectivity index (χ4v) is 4.48. The van der Waals surface area contributed by atoms with Gasteiger partial charge in [0.2, 0.25) is 11.8 Å². The van der Waals surface area contributed by atoms with Gasteiger partial charge < -0.3 is 24.8 Å². The monoisotopic (exact) mass is 368 g/mol. The quantitative estimate of drug-likeness (QED) is 0.768. The van der Waals surface area contributed by atoms with E-state index in [1.54, 1.807) is 0 Å². The molecule has 0 aromatic rings. The van der Waals surface area contributed by atoms with Crippen LogP contribution in [-0.4, -0.2) is 72.5 Å². The minimum atomic E-state index is -0.658. The Morgan fingerprint density at radius 3 is 2.65 bits per heavy atom. The Hall–Kier alpha value is -1.18. The Kier molecular flexibility index (Phi) is 6.89. The van der Waals surface area contributed by atoms with Crippen molar-refractivity contribution in [3.63, 3.8) is 0 Å². The highest BCUT2D eigenvalue weighted by molar-refractivity contribution is 5.79. The minimum Gasteiger partial charge on any atom is -0.389 e. The number of carbonyl (C=O) groups is 2. The first-order valence-corrected chi connectivity index (χ1v) is 10.1. The molecule has 0 spiro atoms. The summed E-state index contributed by atoms with van der Waals surface area (Å²) in [6, 6.07) is -0.0801. The van der Waals surface area contributed by atoms with Gasteiger partial charge in [0.25, 0.3) is 0 Å². The highest BCUT2D eigenvalue weighted by Gasteiger charge is 2.41. The number of nitrogens with zero attached hydrogens (tertiary/aromatic N) is 1. The first-order chi connectivity index (χ1) is 12.6. The predicted molar refractivity (Wildman–Crippen MR) is 95.5 cm³/mol. The van der Waals surface area contributed by atoms with Crippen molar-refractivity contribution in [1.82, 2.24) is 10.2 Å². The van der Waals surface area contributed by atoms with Gasteiger partial charge in [-0.2, -0.15) is 0 Å². The summed E-state index contributed by atoms with van der Waals surface area (Å²) in [6.07, 6.45) is 4.93. The SMILES string of the molecule is CCNC(=O)C[C@@H]1CC[C@@H]2[C@H](COC[C@@H](O)CN2C(=O)C2CCCC2)O1. The number of nitrogens with one attached hydrogen (secondary N) is 1. The van der Waals surface area contributed by atoms with E-state index < -0.39 is 6.10 Å². The lowest BCUT2D eigenvalue weighted by molar-refractivity contribution is -0.171. The molecule has 0 aromatic heterocycles. The van der Waals surface area contributed by atoms with Crippen LogP contribution in [0.5, 0.6) is 0 Å². The van der Waals surface area contributed by atoms with Crippen LogP contribution >= 0.6 is 0 Å². The molecule has 1 aliphatic carbocycles. The van der Waals surface area contributed by atoms with E-state index in [-0.39, 0.29) is 42.6 Å². The number of ether oxygens (including phenoxy) is 2. The van der Waals surface area contributed by atoms with Crippen LogP contribution in [0.25, 0.3) is 0 Å². The molecule has 0 radical (unpaired) electrons. The van der Waals surface area contributed by atoms with Crippen LogP contribution in [0.4, 0.5) is 0 Å². The molecule has 4 atom stereocenters. The highest BCUT2D eigenvalue weighted by Crippen LogP contribution is 2.32. The van der Waals surface area contributed by atoms with E-state index in [0.29, 0.717) is 26.1 Å². The first kappa shape index (κ1) is 19.6. The summed E-state index contributed by atoms with van der Waals surface area (Å²) in [5, 5.41) is 13.0. The third-order valence-corrected chi connectivity index (χ3v) is 5.76. The normalized spacial score (nSPS) is 33.2. The number of amides is 2. The van der Waals surface area contributed by atoms with E-state index in [9.17, 15) is 14.7 Å². The molecule has 3 rings (SSSR count). The molecule has 2 amide bonds. The third kappa shape index (κ3) is 4.75. The summed E-state index contributed by atoms with van der Waals surface area (Å²) in [4.78, 5) is 26.8. The number of aliphatic hydroxyl groups is 1. The lowest BCUT2D eigenvalue weighted by Crippen LogP contribution is -2.58. The van der Waals surface area contributed by atoms with Crippen molar-refractivity contribution < 1.29 is 24.2 Å². The zero-order chi connectivity index (χ0) is 18.5. The molecular formula is C19H32N2O5. The van der Waals surface area contributed by atoms with Crippen LogP contribution in [0.15, 0.2) is 0 Å². The van der Waals surface area contributed by atoms with Crippen molar-refractivity contribution in [3.05, 3.63) is 0 Å². The van der Waals surface area contributed by atoms with E-state index >= 15 is 0 Å². The van der Waals surface area contributed by atoms with Gasteiger partial charge in [0.1, 0.15) is 6.10 Å². The Labute approximate surface area is 155 Å². The molecule has 2 heterocycles. The van der Waals surface area contributed by atoms with Crippen molar-refractivity contribution in [2.24, 2.45) is 5.92 Å². The minimum absolute atomic E-state index is 0.00276. The van der Waals surface area contributed by atoms with Crippen molar-refractivity contribution in [1.29, 1.82) is 0 Å². The van der Waals surface area contributed by atoms with Crippen LogP contribution in [0, 0.1) is 5.92 Å². The van der Waals surface area contributed by atoms with Gasteiger partial charge in [-0.05, 0) is 32.6 Å². The van der Waals surface area contributed by atoms with E-state index in [1.807, 2.05) is 11.8 Å². The number of β-amino-alcohol motifs (C(OH)–C–C–N with tert-alkyl or cyclic N) is 1. The fraction of sp³-hybridized carbons (Fsp3) is 0.895. The van der Waals surface area contributed by atoms with Crippen LogP contribution in [-0.2, 0) is 19.1 Å². The van der Waals surface area contributed by atoms with Gasteiger partial charge in [-0.25, -0.2) is 0 Å². The maximum Gasteiger partial charge on any atom is 0.226 e. The molecule has 148 valence electrons. The molecule has 0 aromatic carbocycles. The van der Waals surface area contributed by atoms with Gasteiger partial charge in [0, 0.05) is 19.0 Å². The topological polar surface area (TPSA) is 88.1 Å². The zero-order valence-corrected chi connectivity index (χ0v) is 15.7. The second-order valence-corrected chi connectivity index (χ2v) is 7.76. The van der Waals surface area contributed by atoms with Crippen LogP contribution < -0.4 is 5.32 Å². The molecule has 2 N–H and O–H groups in total. The predicted octanol–water partition coefficient (Wildman–Crippen LogP) is 0.839. The molecule has 0 bridgehead atoms. The molecular weight excluding hydrogens is 336 g/mol. The molecule has 3 fully saturated rings. The first-order valence-electron chi connectivity index (χ1n) is 10.1. The van der Waals surface area contributed by atoms with E-state index in [1.165, 1.54) is 0 Å². The fourth-order valence-electron chi connectivity index (χ4n) is 4.48. The maximum absolute atomic E-state index is 13.1. The summed E-state index contributed by atoms with van der Waals surface area (Å²) >= 11 is 0. The Morgan fingerprint density at radius 2 is 1.92 bits per heavy atom. The molecule has 2 aliphatic heterocycles. The molecule has 7 nitrogen and oxygen atoms in total. The second kappa shape index (κ2) is 9.15. The second-order valence-electron chi connectivity index (χ2n) is 7.76. The van der Waals surface area contributed by atoms with Gasteiger partial charge in [0.05, 0.1) is 37.9 Å². The van der Waals surface area contributed by atoms with Gasteiger partial charge >= 0.3 is 0 Å². The average Bonchev–Trinajstić information content (AvgIpc) is 3.13. The Balaban J connectivity index is 1.67. The van der Waals surface area contributed by atoms with E-state index in [0.717, 1.165) is 38.5 Å². The Morgan fingerprint density at radius 1 is 1.15 bits per heavy atom. The number of rotatable bonds is 4. The molecule has 2 saturated heterocycles. The summed E-state index contributed by atoms with van der Waals surface area (Å²) in [5.41, 5.74) is 0. The van der Waals surface area contributed by atoms with Gasteiger partial charge in [-0.1, -0.05) is 12.8 Å². The number of carbonyl (C=O) groups excluding carboxylic acids is 2. The lowest BCUT2D eigenvalue weighted by atomic mass is 9.93. The largest absolute Gasteiger partial charge is 0.389 e. The van der Waals surface area contributed by atoms with E-state index in [2.05, 4.69) is 5.32 Å². The molecule has 3 aliphatic rings. The summed E-state index contributed by atoms with van der Waals surface area (Å²) in [5.74, 6) is 0.234. The standard InChI is InChI=1S/C19H32N2O5/c1-2-20-18(23)9-15-7-8-16-17(26-15)12-25-11-14(22)10-21(16)19(24)13-5-3-4-6-13/h13-17,22H,2-12H2,1H3,(H,20,23)/t14-,15-,16+,17-/m0/s1. The average molecular weight is 368 g/mol. The van der Waals surface area contributed by atoms with Crippen molar-refractivity contribution >= 4 is 11.8 Å². The number of hydrogen-bond acceptors (Lipinski definition) is 5. The third-order valence-electron chi connectivity index (χ3n) is 5.76. The smallest absolute Gasteiger partial charge is 0.226 e. The van der Waals surface area contributed by atoms with Gasteiger partial charge in [0.15, 0.2) is 0 Å². The molecule has 26 heavy (non-hydrogen) atoms. The zero-order valence-electron chi connectivity index (χ0n) is 15.7. The highest BCUT2D eigenvalue weighted by atomic mass is 16.5. The van der Waals surface area contributed by atoms with Crippen molar-refractivity contribution in [2.45, 2.75) is 76.2 Å². The van der Waals surface area contributed by atoms with Gasteiger partial charge in [-0.3, -0.25) is 9.59 Å². The number of hydrogen-bond donors (Lipinski definition) is 2. The van der Waals surface area contributed by atoms with Crippen LogP contribution in [0.2, 0.25) is 0 Å². The summed E-state index contributed by atoms with van der Waals surface area (Å²) in [7, 11) is 0. The van der Waals surface area contributed by atoms with Crippen molar-refractivity contribution in [2.75, 3.05) is 26.3 Å². The van der Waals surface area contributed by atoms with Crippen molar-refractivity contribution in [3.8, 4) is 0 Å². The van der Waals surface area contributed by atoms with Crippen LogP contribution in [0.1, 0.15) is 51.9 Å². The summed E-state index contributed by atoms with van der Waals surface area (Å²) in [6.45, 7) is 3.38. The lowest BCUT2D eigenvalue weighted by Gasteiger charge is -2.45. The van der Waals surface area contributed by atoms with Crippen LogP contribution in [0.3, 0.4) is 0 Å². The maximum atomic E-state index is 13.1. The van der Waals surface area contributed by atoms with Gasteiger partial charge in [-0.15, -0.1) is 0 Å². The number of fused-ring (bicyclic) bond motifs is 1.